The first-order valence-corrected chi connectivity index (χ1v) is 5.73. The quantitative estimate of drug-likeness (QED) is 0.797. The number of aromatic hydroxyl groups is 1. The lowest BCUT2D eigenvalue weighted by molar-refractivity contribution is -0.138. The number of hydrogen-bond donors (Lipinski definition) is 2. The number of aliphatic carboxylic acids is 1. The van der Waals surface area contributed by atoms with Gasteiger partial charge >= 0.3 is 5.97 Å². The number of nitrogens with zero attached hydrogens (tertiary/aromatic N) is 1. The molecule has 0 heterocycles. The molecule has 0 aliphatic rings. The lowest BCUT2D eigenvalue weighted by atomic mass is 10.1. The number of carboxylic acids is 1. The summed E-state index contributed by atoms with van der Waals surface area (Å²) in [5.41, 5.74) is 0.720. The Kier molecular flexibility index (Phi) is 5.17. The van der Waals surface area contributed by atoms with Crippen molar-refractivity contribution in [2.24, 2.45) is 0 Å². The summed E-state index contributed by atoms with van der Waals surface area (Å²) in [5, 5.41) is 18.1. The second kappa shape index (κ2) is 6.64. The number of para-hydroxylation sites is 1. The van der Waals surface area contributed by atoms with Gasteiger partial charge in [0.15, 0.2) is 0 Å². The largest absolute Gasteiger partial charge is 0.508 e. The highest BCUT2D eigenvalue weighted by Crippen LogP contribution is 2.17. The zero-order chi connectivity index (χ0) is 13.5. The van der Waals surface area contributed by atoms with Crippen LogP contribution in [0, 0.1) is 0 Å². The second-order valence-corrected chi connectivity index (χ2v) is 4.09. The third-order valence-electron chi connectivity index (χ3n) is 2.69. The van der Waals surface area contributed by atoms with Gasteiger partial charge in [-0.2, -0.15) is 0 Å². The molecule has 0 saturated carbocycles. The van der Waals surface area contributed by atoms with Crippen LogP contribution in [0.25, 0.3) is 0 Å². The molecule has 0 spiro atoms. The maximum Gasteiger partial charge on any atom is 0.305 e. The van der Waals surface area contributed by atoms with Crippen molar-refractivity contribution in [2.45, 2.75) is 19.3 Å². The van der Waals surface area contributed by atoms with Crippen LogP contribution in [0.15, 0.2) is 24.3 Å². The van der Waals surface area contributed by atoms with E-state index in [1.54, 1.807) is 31.3 Å². The predicted molar refractivity (Wildman–Crippen MR) is 66.3 cm³/mol. The molecule has 0 radical (unpaired) electrons. The Morgan fingerprint density at radius 1 is 1.22 bits per heavy atom. The number of phenolic OH excluding ortho intramolecular Hbond substituents is 1. The lowest BCUT2D eigenvalue weighted by Gasteiger charge is -2.16. The van der Waals surface area contributed by atoms with E-state index in [0.29, 0.717) is 6.42 Å². The number of hydrogen-bond acceptors (Lipinski definition) is 3. The Labute approximate surface area is 106 Å². The third kappa shape index (κ3) is 4.45. The standard InChI is InChI=1S/C13H17NO4/c1-14(9-8-13(17)18)12(16)7-6-10-4-2-3-5-11(10)15/h2-5,15H,6-9H2,1H3,(H,17,18). The van der Waals surface area contributed by atoms with Crippen molar-refractivity contribution in [3.05, 3.63) is 29.8 Å². The van der Waals surface area contributed by atoms with Crippen molar-refractivity contribution in [3.63, 3.8) is 0 Å². The predicted octanol–water partition coefficient (Wildman–Crippen LogP) is 1.26. The SMILES string of the molecule is CN(CCC(=O)O)C(=O)CCc1ccccc1O. The summed E-state index contributed by atoms with van der Waals surface area (Å²) in [4.78, 5) is 23.5. The van der Waals surface area contributed by atoms with E-state index in [1.165, 1.54) is 4.90 Å². The number of aryl methyl sites for hydroxylation is 1. The van der Waals surface area contributed by atoms with E-state index >= 15 is 0 Å². The minimum absolute atomic E-state index is 0.0567. The molecule has 0 aliphatic heterocycles. The highest BCUT2D eigenvalue weighted by atomic mass is 16.4. The molecule has 1 amide bonds. The van der Waals surface area contributed by atoms with E-state index in [4.69, 9.17) is 5.11 Å². The fraction of sp³-hybridized carbons (Fsp3) is 0.385. The first-order chi connectivity index (χ1) is 8.50. The molecule has 2 N–H and O–H groups in total. The van der Waals surface area contributed by atoms with Gasteiger partial charge in [-0.15, -0.1) is 0 Å². The molecule has 5 nitrogen and oxygen atoms in total. The average Bonchev–Trinajstić information content (AvgIpc) is 2.34. The van der Waals surface area contributed by atoms with Gasteiger partial charge in [0, 0.05) is 20.0 Å². The average molecular weight is 251 g/mol. The van der Waals surface area contributed by atoms with Crippen LogP contribution in [0.5, 0.6) is 5.75 Å². The maximum atomic E-state index is 11.7. The number of carbonyl (C=O) groups excluding carboxylic acids is 1. The van der Waals surface area contributed by atoms with E-state index in [9.17, 15) is 14.7 Å². The van der Waals surface area contributed by atoms with Gasteiger partial charge in [-0.3, -0.25) is 9.59 Å². The van der Waals surface area contributed by atoms with Crippen molar-refractivity contribution >= 4 is 11.9 Å². The van der Waals surface area contributed by atoms with Gasteiger partial charge in [0.1, 0.15) is 5.75 Å². The zero-order valence-corrected chi connectivity index (χ0v) is 10.3. The van der Waals surface area contributed by atoms with Gasteiger partial charge in [0.2, 0.25) is 5.91 Å². The first kappa shape index (κ1) is 14.0. The minimum atomic E-state index is -0.921. The molecule has 0 atom stereocenters. The van der Waals surface area contributed by atoms with Gasteiger partial charge in [-0.1, -0.05) is 18.2 Å². The number of carbonyl (C=O) groups is 2. The molecule has 1 rings (SSSR count). The number of amides is 1. The molecule has 0 aliphatic carbocycles. The summed E-state index contributed by atoms with van der Waals surface area (Å²) >= 11 is 0. The molecule has 1 aromatic carbocycles. The Balaban J connectivity index is 2.41. The fourth-order valence-electron chi connectivity index (χ4n) is 1.54. The Bertz CT molecular complexity index is 431. The molecule has 0 saturated heterocycles. The number of benzene rings is 1. The van der Waals surface area contributed by atoms with E-state index in [1.807, 2.05) is 0 Å². The summed E-state index contributed by atoms with van der Waals surface area (Å²) in [6.45, 7) is 0.203. The van der Waals surface area contributed by atoms with Gasteiger partial charge in [-0.05, 0) is 18.1 Å². The normalized spacial score (nSPS) is 10.1. The molecule has 5 heteroatoms. The summed E-state index contributed by atoms with van der Waals surface area (Å²) in [7, 11) is 1.58. The molecule has 18 heavy (non-hydrogen) atoms. The van der Waals surface area contributed by atoms with E-state index in [0.717, 1.165) is 5.56 Å². The van der Waals surface area contributed by atoms with Crippen LogP contribution in [0.2, 0.25) is 0 Å². The van der Waals surface area contributed by atoms with Crippen LogP contribution in [-0.2, 0) is 16.0 Å². The van der Waals surface area contributed by atoms with Crippen LogP contribution in [0.1, 0.15) is 18.4 Å². The molecular formula is C13H17NO4. The third-order valence-corrected chi connectivity index (χ3v) is 2.69. The van der Waals surface area contributed by atoms with Crippen LogP contribution < -0.4 is 0 Å². The summed E-state index contributed by atoms with van der Waals surface area (Å²) < 4.78 is 0. The lowest BCUT2D eigenvalue weighted by Crippen LogP contribution is -2.29. The number of phenols is 1. The van der Waals surface area contributed by atoms with Crippen molar-refractivity contribution in [1.82, 2.24) is 4.90 Å². The summed E-state index contributed by atoms with van der Waals surface area (Å²) in [6.07, 6.45) is 0.648. The van der Waals surface area contributed by atoms with Crippen LogP contribution in [0.3, 0.4) is 0 Å². The van der Waals surface area contributed by atoms with Crippen LogP contribution in [-0.4, -0.2) is 40.6 Å². The molecule has 1 aromatic rings. The topological polar surface area (TPSA) is 77.8 Å². The molecule has 0 unspecified atom stereocenters. The van der Waals surface area contributed by atoms with Crippen molar-refractivity contribution in [2.75, 3.05) is 13.6 Å². The van der Waals surface area contributed by atoms with Crippen LogP contribution in [0.4, 0.5) is 0 Å². The van der Waals surface area contributed by atoms with Gasteiger partial charge in [0.05, 0.1) is 6.42 Å². The molecule has 0 aromatic heterocycles. The summed E-state index contributed by atoms with van der Waals surface area (Å²) in [6, 6.07) is 6.86. The molecule has 0 fully saturated rings. The molecule has 0 bridgehead atoms. The molecular weight excluding hydrogens is 234 g/mol. The monoisotopic (exact) mass is 251 g/mol. The number of rotatable bonds is 6. The zero-order valence-electron chi connectivity index (χ0n) is 10.3. The smallest absolute Gasteiger partial charge is 0.305 e. The Morgan fingerprint density at radius 3 is 2.50 bits per heavy atom. The highest BCUT2D eigenvalue weighted by Gasteiger charge is 2.11. The van der Waals surface area contributed by atoms with Crippen LogP contribution >= 0.6 is 0 Å². The first-order valence-electron chi connectivity index (χ1n) is 5.73. The summed E-state index contributed by atoms with van der Waals surface area (Å²) in [5.74, 6) is -0.867. The van der Waals surface area contributed by atoms with Crippen molar-refractivity contribution in [1.29, 1.82) is 0 Å². The van der Waals surface area contributed by atoms with Gasteiger partial charge in [0.25, 0.3) is 0 Å². The van der Waals surface area contributed by atoms with E-state index in [2.05, 4.69) is 0 Å². The van der Waals surface area contributed by atoms with E-state index in [-0.39, 0.29) is 31.0 Å². The van der Waals surface area contributed by atoms with Gasteiger partial charge < -0.3 is 15.1 Å². The van der Waals surface area contributed by atoms with Gasteiger partial charge in [-0.25, -0.2) is 0 Å². The second-order valence-electron chi connectivity index (χ2n) is 4.09. The van der Waals surface area contributed by atoms with E-state index < -0.39 is 5.97 Å². The Hall–Kier alpha value is -2.04. The Morgan fingerprint density at radius 2 is 1.89 bits per heavy atom. The maximum absolute atomic E-state index is 11.7. The van der Waals surface area contributed by atoms with Crippen molar-refractivity contribution < 1.29 is 19.8 Å². The fourth-order valence-corrected chi connectivity index (χ4v) is 1.54. The molecule has 98 valence electrons. The highest BCUT2D eigenvalue weighted by molar-refractivity contribution is 5.77. The number of carboxylic acid groups (broad SMARTS) is 1. The van der Waals surface area contributed by atoms with Crippen molar-refractivity contribution in [3.8, 4) is 5.75 Å². The minimum Gasteiger partial charge on any atom is -0.508 e.